The fourth-order valence-electron chi connectivity index (χ4n) is 1.59. The van der Waals surface area contributed by atoms with Gasteiger partial charge in [0.1, 0.15) is 0 Å². The van der Waals surface area contributed by atoms with Gasteiger partial charge >= 0.3 is 0 Å². The Morgan fingerprint density at radius 1 is 1.53 bits per heavy atom. The van der Waals surface area contributed by atoms with Gasteiger partial charge in [0, 0.05) is 11.3 Å². The Labute approximate surface area is 98.6 Å². The lowest BCUT2D eigenvalue weighted by atomic mass is 10.2. The molecule has 0 bridgehead atoms. The Morgan fingerprint density at radius 2 is 2.27 bits per heavy atom. The van der Waals surface area contributed by atoms with Crippen LogP contribution in [0, 0.1) is 0 Å². The number of hydrogen-bond donors (Lipinski definition) is 1. The molecule has 3 atom stereocenters. The molecule has 0 saturated carbocycles. The van der Waals surface area contributed by atoms with Crippen LogP contribution in [-0.4, -0.2) is 22.0 Å². The predicted octanol–water partition coefficient (Wildman–Crippen LogP) is 2.63. The first-order valence-corrected chi connectivity index (χ1v) is 7.41. The van der Waals surface area contributed by atoms with Gasteiger partial charge in [-0.2, -0.15) is 0 Å². The first-order chi connectivity index (χ1) is 7.15. The Bertz CT molecular complexity index is 298. The maximum absolute atomic E-state index is 12.0. The van der Waals surface area contributed by atoms with Gasteiger partial charge in [-0.05, 0) is 31.3 Å². The normalized spacial score (nSPS) is 17.3. The van der Waals surface area contributed by atoms with Crippen molar-refractivity contribution in [2.24, 2.45) is 0 Å². The van der Waals surface area contributed by atoms with Crippen LogP contribution in [0.15, 0.2) is 21.7 Å². The van der Waals surface area contributed by atoms with Crippen LogP contribution in [0.4, 0.5) is 0 Å². The van der Waals surface area contributed by atoms with E-state index in [1.54, 1.807) is 11.3 Å². The van der Waals surface area contributed by atoms with Crippen molar-refractivity contribution in [3.8, 4) is 0 Å². The van der Waals surface area contributed by atoms with E-state index in [1.807, 2.05) is 17.5 Å². The van der Waals surface area contributed by atoms with Crippen molar-refractivity contribution < 1.29 is 4.21 Å². The van der Waals surface area contributed by atoms with Crippen LogP contribution in [0.2, 0.25) is 0 Å². The molecule has 1 rings (SSSR count). The van der Waals surface area contributed by atoms with E-state index in [2.05, 4.69) is 26.1 Å². The monoisotopic (exact) mass is 245 g/mol. The highest BCUT2D eigenvalue weighted by Crippen LogP contribution is 2.19. The first kappa shape index (κ1) is 12.9. The smallest absolute Gasteiger partial charge is 0.0913 e. The van der Waals surface area contributed by atoms with Gasteiger partial charge in [-0.1, -0.05) is 19.9 Å². The van der Waals surface area contributed by atoms with Crippen LogP contribution in [0.5, 0.6) is 0 Å². The molecule has 0 spiro atoms. The van der Waals surface area contributed by atoms with E-state index in [-0.39, 0.29) is 5.25 Å². The molecule has 0 amide bonds. The van der Waals surface area contributed by atoms with Crippen LogP contribution in [0.3, 0.4) is 0 Å². The second kappa shape index (κ2) is 6.40. The number of rotatable bonds is 6. The second-order valence-electron chi connectivity index (χ2n) is 3.73. The van der Waals surface area contributed by atoms with Gasteiger partial charge in [-0.3, -0.25) is 4.21 Å². The average Bonchev–Trinajstić information content (AvgIpc) is 2.69. The third kappa shape index (κ3) is 4.05. The Hall–Kier alpha value is -0.190. The van der Waals surface area contributed by atoms with E-state index in [1.165, 1.54) is 0 Å². The molecule has 1 aromatic rings. The highest BCUT2D eigenvalue weighted by molar-refractivity contribution is 7.87. The zero-order valence-electron chi connectivity index (χ0n) is 9.53. The molecule has 1 heterocycles. The highest BCUT2D eigenvalue weighted by atomic mass is 32.2. The number of thiophene rings is 1. The SMILES string of the molecule is CCNC(C)CC(C)S(=O)c1cccs1. The minimum Gasteiger partial charge on any atom is -0.314 e. The van der Waals surface area contributed by atoms with Crippen LogP contribution < -0.4 is 5.32 Å². The topological polar surface area (TPSA) is 29.1 Å². The van der Waals surface area contributed by atoms with Crippen molar-refractivity contribution in [2.75, 3.05) is 6.54 Å². The van der Waals surface area contributed by atoms with E-state index in [9.17, 15) is 4.21 Å². The summed E-state index contributed by atoms with van der Waals surface area (Å²) in [6, 6.07) is 4.35. The van der Waals surface area contributed by atoms with Crippen LogP contribution in [-0.2, 0) is 10.8 Å². The third-order valence-corrected chi connectivity index (χ3v) is 5.20. The Morgan fingerprint density at radius 3 is 2.80 bits per heavy atom. The van der Waals surface area contributed by atoms with Gasteiger partial charge in [-0.15, -0.1) is 11.3 Å². The lowest BCUT2D eigenvalue weighted by Gasteiger charge is -2.16. The zero-order chi connectivity index (χ0) is 11.3. The summed E-state index contributed by atoms with van der Waals surface area (Å²) in [5.41, 5.74) is 0. The highest BCUT2D eigenvalue weighted by Gasteiger charge is 2.16. The van der Waals surface area contributed by atoms with Crippen LogP contribution >= 0.6 is 11.3 Å². The van der Waals surface area contributed by atoms with E-state index in [4.69, 9.17) is 0 Å². The molecule has 2 nitrogen and oxygen atoms in total. The molecule has 0 aliphatic rings. The van der Waals surface area contributed by atoms with Gasteiger partial charge in [0.05, 0.1) is 15.0 Å². The van der Waals surface area contributed by atoms with Gasteiger partial charge in [-0.25, -0.2) is 0 Å². The Kier molecular flexibility index (Phi) is 5.50. The molecule has 3 unspecified atom stereocenters. The fourth-order valence-corrected chi connectivity index (χ4v) is 4.15. The van der Waals surface area contributed by atoms with Crippen molar-refractivity contribution in [2.45, 2.75) is 42.7 Å². The van der Waals surface area contributed by atoms with Crippen molar-refractivity contribution in [1.29, 1.82) is 0 Å². The lowest BCUT2D eigenvalue weighted by molar-refractivity contribution is 0.524. The number of hydrogen-bond acceptors (Lipinski definition) is 3. The molecule has 0 saturated heterocycles. The van der Waals surface area contributed by atoms with E-state index in [0.717, 1.165) is 17.2 Å². The van der Waals surface area contributed by atoms with Gasteiger partial charge < -0.3 is 5.32 Å². The van der Waals surface area contributed by atoms with E-state index < -0.39 is 10.8 Å². The van der Waals surface area contributed by atoms with E-state index in [0.29, 0.717) is 6.04 Å². The molecule has 1 aromatic heterocycles. The molecule has 1 N–H and O–H groups in total. The zero-order valence-corrected chi connectivity index (χ0v) is 11.2. The summed E-state index contributed by atoms with van der Waals surface area (Å²) in [4.78, 5) is 0. The second-order valence-corrected chi connectivity index (χ2v) is 6.78. The molecule has 86 valence electrons. The lowest BCUT2D eigenvalue weighted by Crippen LogP contribution is -2.30. The first-order valence-electron chi connectivity index (χ1n) is 5.32. The van der Waals surface area contributed by atoms with Gasteiger partial charge in [0.25, 0.3) is 0 Å². The average molecular weight is 245 g/mol. The minimum absolute atomic E-state index is 0.220. The molecular formula is C11H19NOS2. The quantitative estimate of drug-likeness (QED) is 0.835. The summed E-state index contributed by atoms with van der Waals surface area (Å²) >= 11 is 1.58. The minimum atomic E-state index is -0.843. The van der Waals surface area contributed by atoms with Crippen molar-refractivity contribution in [1.82, 2.24) is 5.32 Å². The summed E-state index contributed by atoms with van der Waals surface area (Å²) in [7, 11) is -0.843. The summed E-state index contributed by atoms with van der Waals surface area (Å²) in [5.74, 6) is 0. The molecule has 0 radical (unpaired) electrons. The summed E-state index contributed by atoms with van der Waals surface area (Å²) in [6.07, 6.45) is 0.957. The third-order valence-electron chi connectivity index (χ3n) is 2.30. The van der Waals surface area contributed by atoms with Gasteiger partial charge in [0.2, 0.25) is 0 Å². The molecule has 0 fully saturated rings. The molecular weight excluding hydrogens is 226 g/mol. The standard InChI is InChI=1S/C11H19NOS2/c1-4-12-9(2)8-10(3)15(13)11-6-5-7-14-11/h5-7,9-10,12H,4,8H2,1-3H3. The summed E-state index contributed by atoms with van der Waals surface area (Å²) in [6.45, 7) is 7.27. The van der Waals surface area contributed by atoms with Crippen molar-refractivity contribution in [3.63, 3.8) is 0 Å². The van der Waals surface area contributed by atoms with Crippen molar-refractivity contribution in [3.05, 3.63) is 17.5 Å². The molecule has 0 aliphatic carbocycles. The molecule has 0 aromatic carbocycles. The fraction of sp³-hybridized carbons (Fsp3) is 0.636. The summed E-state index contributed by atoms with van der Waals surface area (Å²) < 4.78 is 13.0. The molecule has 15 heavy (non-hydrogen) atoms. The van der Waals surface area contributed by atoms with Crippen LogP contribution in [0.1, 0.15) is 27.2 Å². The maximum atomic E-state index is 12.0. The van der Waals surface area contributed by atoms with Crippen molar-refractivity contribution >= 4 is 22.1 Å². The molecule has 4 heteroatoms. The predicted molar refractivity (Wildman–Crippen MR) is 67.9 cm³/mol. The Balaban J connectivity index is 2.47. The largest absolute Gasteiger partial charge is 0.314 e. The van der Waals surface area contributed by atoms with E-state index >= 15 is 0 Å². The maximum Gasteiger partial charge on any atom is 0.0913 e. The number of nitrogens with one attached hydrogen (secondary N) is 1. The summed E-state index contributed by atoms with van der Waals surface area (Å²) in [5, 5.41) is 5.55. The van der Waals surface area contributed by atoms with Crippen LogP contribution in [0.25, 0.3) is 0 Å². The molecule has 0 aliphatic heterocycles. The van der Waals surface area contributed by atoms with Gasteiger partial charge in [0.15, 0.2) is 0 Å².